The summed E-state index contributed by atoms with van der Waals surface area (Å²) in [4.78, 5) is 0. The highest BCUT2D eigenvalue weighted by molar-refractivity contribution is 14.1. The van der Waals surface area contributed by atoms with Crippen LogP contribution in [-0.4, -0.2) is 13.2 Å². The molecule has 0 saturated heterocycles. The molecular weight excluding hydrogens is 698 g/mol. The van der Waals surface area contributed by atoms with E-state index in [0.29, 0.717) is 59.8 Å². The lowest BCUT2D eigenvalue weighted by atomic mass is 10.0. The second-order valence-electron chi connectivity index (χ2n) is 7.84. The van der Waals surface area contributed by atoms with E-state index in [4.69, 9.17) is 9.47 Å². The summed E-state index contributed by atoms with van der Waals surface area (Å²) in [6.07, 6.45) is 1.38. The van der Waals surface area contributed by atoms with E-state index in [0.717, 1.165) is 12.1 Å². The lowest BCUT2D eigenvalue weighted by Gasteiger charge is -2.15. The predicted octanol–water partition coefficient (Wildman–Crippen LogP) is 9.02. The summed E-state index contributed by atoms with van der Waals surface area (Å²) >= 11 is 3.59. The molecule has 0 fully saturated rings. The smallest absolute Gasteiger partial charge is 0.172 e. The number of unbranched alkanes of at least 4 members (excludes halogenated alkanes) is 1. The molecule has 0 aromatic heterocycles. The molecule has 0 aliphatic carbocycles. The van der Waals surface area contributed by atoms with Crippen molar-refractivity contribution in [3.8, 4) is 33.8 Å². The van der Waals surface area contributed by atoms with Gasteiger partial charge in [0.1, 0.15) is 11.5 Å². The monoisotopic (exact) mass is 718 g/mol. The number of ether oxygens (including phenoxy) is 2. The standard InChI is InChI=1S/C28H20F4I2O2/c29-21-13-11-19(27(33)25(21)31)17-7-1-3-9-23(17)35-15-5-6-16-36-24-10-4-2-8-18(24)20-12-14-22(30)26(32)28(20)34/h1-4,7-14H,5-6,15-16H2. The van der Waals surface area contributed by atoms with Crippen molar-refractivity contribution < 1.29 is 27.0 Å². The summed E-state index contributed by atoms with van der Waals surface area (Å²) < 4.78 is 67.5. The van der Waals surface area contributed by atoms with Crippen molar-refractivity contribution in [3.05, 3.63) is 103 Å². The van der Waals surface area contributed by atoms with Crippen molar-refractivity contribution in [2.24, 2.45) is 0 Å². The Labute approximate surface area is 233 Å². The second kappa shape index (κ2) is 12.3. The maximum atomic E-state index is 14.1. The van der Waals surface area contributed by atoms with E-state index in [2.05, 4.69) is 0 Å². The maximum Gasteiger partial charge on any atom is 0.172 e. The van der Waals surface area contributed by atoms with E-state index in [-0.39, 0.29) is 7.14 Å². The van der Waals surface area contributed by atoms with Gasteiger partial charge in [-0.25, -0.2) is 17.6 Å². The average Bonchev–Trinajstić information content (AvgIpc) is 2.89. The van der Waals surface area contributed by atoms with Crippen molar-refractivity contribution >= 4 is 45.2 Å². The van der Waals surface area contributed by atoms with Gasteiger partial charge in [0.2, 0.25) is 0 Å². The van der Waals surface area contributed by atoms with Crippen molar-refractivity contribution in [2.75, 3.05) is 13.2 Å². The SMILES string of the molecule is Fc1ccc(-c2ccccc2OCCCCOc2ccccc2-c2ccc(F)c(F)c2I)c(I)c1F. The van der Waals surface area contributed by atoms with Crippen LogP contribution < -0.4 is 9.47 Å². The summed E-state index contributed by atoms with van der Waals surface area (Å²) in [5.74, 6) is -2.36. The van der Waals surface area contributed by atoms with Crippen molar-refractivity contribution in [1.29, 1.82) is 0 Å². The Kier molecular flexibility index (Phi) is 9.10. The molecule has 0 unspecified atom stereocenters. The topological polar surface area (TPSA) is 18.5 Å². The van der Waals surface area contributed by atoms with Crippen LogP contribution in [0.5, 0.6) is 11.5 Å². The Morgan fingerprint density at radius 3 is 1.31 bits per heavy atom. The Bertz CT molecular complexity index is 1270. The number of halogens is 6. The normalized spacial score (nSPS) is 10.9. The molecule has 0 N–H and O–H groups in total. The van der Waals surface area contributed by atoms with Crippen LogP contribution >= 0.6 is 45.2 Å². The Morgan fingerprint density at radius 2 is 0.889 bits per heavy atom. The molecule has 8 heteroatoms. The molecule has 0 aliphatic rings. The third-order valence-corrected chi connectivity index (χ3v) is 7.59. The molecule has 36 heavy (non-hydrogen) atoms. The van der Waals surface area contributed by atoms with Crippen LogP contribution in [0.15, 0.2) is 72.8 Å². The first-order valence-corrected chi connectivity index (χ1v) is 13.3. The highest BCUT2D eigenvalue weighted by atomic mass is 127. The van der Waals surface area contributed by atoms with E-state index in [1.54, 1.807) is 69.4 Å². The van der Waals surface area contributed by atoms with Gasteiger partial charge >= 0.3 is 0 Å². The number of rotatable bonds is 9. The Balaban J connectivity index is 1.35. The van der Waals surface area contributed by atoms with Crippen LogP contribution in [0.25, 0.3) is 22.3 Å². The second-order valence-corrected chi connectivity index (χ2v) is 10.00. The summed E-state index contributed by atoms with van der Waals surface area (Å²) in [5, 5.41) is 0. The fourth-order valence-electron chi connectivity index (χ4n) is 3.67. The first-order chi connectivity index (χ1) is 17.4. The van der Waals surface area contributed by atoms with Crippen LogP contribution in [0.2, 0.25) is 0 Å². The first-order valence-electron chi connectivity index (χ1n) is 11.1. The number of hydrogen-bond acceptors (Lipinski definition) is 2. The molecule has 0 amide bonds. The van der Waals surface area contributed by atoms with E-state index in [1.807, 2.05) is 36.4 Å². The fraction of sp³-hybridized carbons (Fsp3) is 0.143. The molecule has 4 aromatic carbocycles. The average molecular weight is 718 g/mol. The first kappa shape index (κ1) is 26.7. The van der Waals surface area contributed by atoms with Crippen molar-refractivity contribution in [1.82, 2.24) is 0 Å². The van der Waals surface area contributed by atoms with Gasteiger partial charge in [-0.05, 0) is 82.3 Å². The van der Waals surface area contributed by atoms with Gasteiger partial charge in [0.15, 0.2) is 23.3 Å². The van der Waals surface area contributed by atoms with Crippen LogP contribution in [0.3, 0.4) is 0 Å². The van der Waals surface area contributed by atoms with E-state index < -0.39 is 23.3 Å². The highest BCUT2D eigenvalue weighted by Crippen LogP contribution is 2.36. The minimum atomic E-state index is -0.887. The third-order valence-electron chi connectivity index (χ3n) is 5.48. The molecule has 0 spiro atoms. The van der Waals surface area contributed by atoms with E-state index in [9.17, 15) is 17.6 Å². The van der Waals surface area contributed by atoms with Gasteiger partial charge in [0.25, 0.3) is 0 Å². The van der Waals surface area contributed by atoms with Crippen LogP contribution in [0.1, 0.15) is 12.8 Å². The zero-order valence-corrected chi connectivity index (χ0v) is 23.2. The zero-order valence-electron chi connectivity index (χ0n) is 18.8. The Morgan fingerprint density at radius 1 is 0.500 bits per heavy atom. The molecule has 0 atom stereocenters. The van der Waals surface area contributed by atoms with Gasteiger partial charge in [-0.1, -0.05) is 48.5 Å². The molecule has 4 aromatic rings. The summed E-state index contributed by atoms with van der Waals surface area (Å²) in [6.45, 7) is 0.812. The number of hydrogen-bond donors (Lipinski definition) is 0. The number of para-hydroxylation sites is 2. The molecule has 0 aliphatic heterocycles. The summed E-state index contributed by atoms with van der Waals surface area (Å²) in [5.41, 5.74) is 2.51. The fourth-order valence-corrected chi connectivity index (χ4v) is 5.12. The van der Waals surface area contributed by atoms with Crippen LogP contribution in [0.4, 0.5) is 17.6 Å². The van der Waals surface area contributed by atoms with Gasteiger partial charge < -0.3 is 9.47 Å². The minimum absolute atomic E-state index is 0.200. The van der Waals surface area contributed by atoms with Crippen LogP contribution in [-0.2, 0) is 0 Å². The molecule has 0 bridgehead atoms. The molecule has 0 radical (unpaired) electrons. The molecule has 186 valence electrons. The molecule has 2 nitrogen and oxygen atoms in total. The maximum absolute atomic E-state index is 14.1. The number of benzene rings is 4. The predicted molar refractivity (Wildman–Crippen MR) is 149 cm³/mol. The Hall–Kier alpha value is -2.34. The highest BCUT2D eigenvalue weighted by Gasteiger charge is 2.17. The van der Waals surface area contributed by atoms with Crippen LogP contribution in [0, 0.1) is 30.4 Å². The summed E-state index contributed by atoms with van der Waals surface area (Å²) in [6, 6.07) is 19.8. The minimum Gasteiger partial charge on any atom is -0.493 e. The lowest BCUT2D eigenvalue weighted by molar-refractivity contribution is 0.267. The van der Waals surface area contributed by atoms with Gasteiger partial charge in [-0.2, -0.15) is 0 Å². The quantitative estimate of drug-likeness (QED) is 0.0745. The van der Waals surface area contributed by atoms with E-state index in [1.165, 1.54) is 0 Å². The van der Waals surface area contributed by atoms with Gasteiger partial charge in [0.05, 0.1) is 20.4 Å². The van der Waals surface area contributed by atoms with Gasteiger partial charge in [-0.3, -0.25) is 0 Å². The third kappa shape index (κ3) is 5.96. The molecule has 4 rings (SSSR count). The van der Waals surface area contributed by atoms with Gasteiger partial charge in [-0.15, -0.1) is 0 Å². The molecule has 0 saturated carbocycles. The molecular formula is C28H20F4I2O2. The van der Waals surface area contributed by atoms with Crippen molar-refractivity contribution in [3.63, 3.8) is 0 Å². The van der Waals surface area contributed by atoms with Gasteiger partial charge in [0, 0.05) is 22.3 Å². The molecule has 0 heterocycles. The summed E-state index contributed by atoms with van der Waals surface area (Å²) in [7, 11) is 0. The van der Waals surface area contributed by atoms with Crippen molar-refractivity contribution in [2.45, 2.75) is 12.8 Å². The lowest BCUT2D eigenvalue weighted by Crippen LogP contribution is -2.04. The zero-order chi connectivity index (χ0) is 25.7. The van der Waals surface area contributed by atoms with E-state index >= 15 is 0 Å². The largest absolute Gasteiger partial charge is 0.493 e.